The number of carbonyl (C=O) groups is 2. The molecule has 3 rings (SSSR count). The van der Waals surface area contributed by atoms with E-state index in [1.807, 2.05) is 37.3 Å². The number of rotatable bonds is 5. The first-order chi connectivity index (χ1) is 11.7. The average molecular weight is 322 g/mol. The molecule has 24 heavy (non-hydrogen) atoms. The molecule has 1 heterocycles. The lowest BCUT2D eigenvalue weighted by atomic mass is 10.0. The van der Waals surface area contributed by atoms with Gasteiger partial charge in [-0.2, -0.15) is 0 Å². The van der Waals surface area contributed by atoms with Crippen molar-refractivity contribution in [3.63, 3.8) is 0 Å². The molecule has 1 N–H and O–H groups in total. The van der Waals surface area contributed by atoms with Crippen LogP contribution >= 0.6 is 0 Å². The van der Waals surface area contributed by atoms with Gasteiger partial charge in [-0.3, -0.25) is 9.59 Å². The standard InChI is InChI=1S/C20H22N2O2/c1-2-22-14-18(12-19(22)23)20(24)21-13-15-8-10-17(11-9-15)16-6-4-3-5-7-16/h3-11,18H,2,12-14H2,1H3,(H,21,24). The summed E-state index contributed by atoms with van der Waals surface area (Å²) in [6.07, 6.45) is 0.326. The van der Waals surface area contributed by atoms with Crippen LogP contribution in [-0.4, -0.2) is 29.8 Å². The third-order valence-electron chi connectivity index (χ3n) is 4.49. The van der Waals surface area contributed by atoms with Crippen molar-refractivity contribution >= 4 is 11.8 Å². The minimum atomic E-state index is -0.221. The van der Waals surface area contributed by atoms with Crippen LogP contribution in [0.3, 0.4) is 0 Å². The van der Waals surface area contributed by atoms with Crippen molar-refractivity contribution in [2.24, 2.45) is 5.92 Å². The Morgan fingerprint density at radius 2 is 1.75 bits per heavy atom. The first-order valence-corrected chi connectivity index (χ1v) is 8.37. The van der Waals surface area contributed by atoms with Gasteiger partial charge in [0.05, 0.1) is 5.92 Å². The topological polar surface area (TPSA) is 49.4 Å². The zero-order valence-corrected chi connectivity index (χ0v) is 13.9. The van der Waals surface area contributed by atoms with Crippen molar-refractivity contribution in [3.8, 4) is 11.1 Å². The highest BCUT2D eigenvalue weighted by atomic mass is 16.2. The molecule has 2 aromatic rings. The Hall–Kier alpha value is -2.62. The van der Waals surface area contributed by atoms with E-state index in [0.717, 1.165) is 11.1 Å². The Morgan fingerprint density at radius 1 is 1.08 bits per heavy atom. The van der Waals surface area contributed by atoms with Crippen LogP contribution in [0.25, 0.3) is 11.1 Å². The molecule has 4 heteroatoms. The van der Waals surface area contributed by atoms with Crippen molar-refractivity contribution in [2.45, 2.75) is 19.9 Å². The molecule has 1 atom stereocenters. The van der Waals surface area contributed by atoms with E-state index in [4.69, 9.17) is 0 Å². The second kappa shape index (κ2) is 7.30. The van der Waals surface area contributed by atoms with Gasteiger partial charge in [0.25, 0.3) is 0 Å². The largest absolute Gasteiger partial charge is 0.352 e. The molecule has 0 spiro atoms. The Kier molecular flexibility index (Phi) is 4.94. The minimum Gasteiger partial charge on any atom is -0.352 e. The van der Waals surface area contributed by atoms with Gasteiger partial charge in [0.15, 0.2) is 0 Å². The Balaban J connectivity index is 1.55. The van der Waals surface area contributed by atoms with Gasteiger partial charge in [0, 0.05) is 26.1 Å². The lowest BCUT2D eigenvalue weighted by Gasteiger charge is -2.13. The maximum Gasteiger partial charge on any atom is 0.225 e. The zero-order chi connectivity index (χ0) is 16.9. The van der Waals surface area contributed by atoms with E-state index >= 15 is 0 Å². The molecule has 4 nitrogen and oxygen atoms in total. The van der Waals surface area contributed by atoms with Gasteiger partial charge in [-0.15, -0.1) is 0 Å². The molecule has 1 saturated heterocycles. The second-order valence-electron chi connectivity index (χ2n) is 6.11. The summed E-state index contributed by atoms with van der Waals surface area (Å²) in [5, 5.41) is 2.95. The second-order valence-corrected chi connectivity index (χ2v) is 6.11. The van der Waals surface area contributed by atoms with Crippen LogP contribution in [0.15, 0.2) is 54.6 Å². The molecule has 0 saturated carbocycles. The van der Waals surface area contributed by atoms with Crippen LogP contribution in [0, 0.1) is 5.92 Å². The summed E-state index contributed by atoms with van der Waals surface area (Å²) in [6, 6.07) is 18.4. The Bertz CT molecular complexity index is 710. The summed E-state index contributed by atoms with van der Waals surface area (Å²) in [4.78, 5) is 25.7. The molecule has 124 valence electrons. The summed E-state index contributed by atoms with van der Waals surface area (Å²) < 4.78 is 0. The van der Waals surface area contributed by atoms with Gasteiger partial charge in [-0.1, -0.05) is 54.6 Å². The first-order valence-electron chi connectivity index (χ1n) is 8.37. The molecule has 0 bridgehead atoms. The molecule has 1 unspecified atom stereocenters. The first kappa shape index (κ1) is 16.2. The van der Waals surface area contributed by atoms with Crippen molar-refractivity contribution in [3.05, 3.63) is 60.2 Å². The van der Waals surface area contributed by atoms with Gasteiger partial charge >= 0.3 is 0 Å². The van der Waals surface area contributed by atoms with E-state index in [0.29, 0.717) is 26.1 Å². The van der Waals surface area contributed by atoms with E-state index in [-0.39, 0.29) is 17.7 Å². The highest BCUT2D eigenvalue weighted by Gasteiger charge is 2.33. The maximum absolute atomic E-state index is 12.2. The monoisotopic (exact) mass is 322 g/mol. The van der Waals surface area contributed by atoms with Crippen molar-refractivity contribution in [2.75, 3.05) is 13.1 Å². The van der Waals surface area contributed by atoms with Crippen molar-refractivity contribution in [1.82, 2.24) is 10.2 Å². The third kappa shape index (κ3) is 3.65. The Labute approximate surface area is 142 Å². The highest BCUT2D eigenvalue weighted by Crippen LogP contribution is 2.20. The maximum atomic E-state index is 12.2. The van der Waals surface area contributed by atoms with Crippen molar-refractivity contribution in [1.29, 1.82) is 0 Å². The molecule has 1 fully saturated rings. The predicted molar refractivity (Wildman–Crippen MR) is 94.1 cm³/mol. The molecule has 0 aliphatic carbocycles. The quantitative estimate of drug-likeness (QED) is 0.920. The van der Waals surface area contributed by atoms with Crippen LogP contribution in [0.4, 0.5) is 0 Å². The number of likely N-dealkylation sites (tertiary alicyclic amines) is 1. The molecule has 1 aliphatic heterocycles. The van der Waals surface area contributed by atoms with Crippen LogP contribution in [0.5, 0.6) is 0 Å². The van der Waals surface area contributed by atoms with Gasteiger partial charge in [-0.25, -0.2) is 0 Å². The number of benzene rings is 2. The molecule has 2 aromatic carbocycles. The number of nitrogens with zero attached hydrogens (tertiary/aromatic N) is 1. The van der Waals surface area contributed by atoms with Gasteiger partial charge in [0.2, 0.25) is 11.8 Å². The fourth-order valence-corrected chi connectivity index (χ4v) is 3.03. The SMILES string of the molecule is CCN1CC(C(=O)NCc2ccc(-c3ccccc3)cc2)CC1=O. The third-order valence-corrected chi connectivity index (χ3v) is 4.49. The smallest absolute Gasteiger partial charge is 0.225 e. The van der Waals surface area contributed by atoms with Crippen molar-refractivity contribution < 1.29 is 9.59 Å². The summed E-state index contributed by atoms with van der Waals surface area (Å²) in [6.45, 7) is 3.63. The molecule has 1 aliphatic rings. The number of amides is 2. The molecular formula is C20H22N2O2. The van der Waals surface area contributed by atoms with Gasteiger partial charge in [-0.05, 0) is 23.6 Å². The number of nitrogens with one attached hydrogen (secondary N) is 1. The summed E-state index contributed by atoms with van der Waals surface area (Å²) in [5.41, 5.74) is 3.39. The van der Waals surface area contributed by atoms with Crippen LogP contribution in [0.2, 0.25) is 0 Å². The summed E-state index contributed by atoms with van der Waals surface area (Å²) >= 11 is 0. The molecule has 2 amide bonds. The van der Waals surface area contributed by atoms with E-state index < -0.39 is 0 Å². The lowest BCUT2D eigenvalue weighted by molar-refractivity contribution is -0.128. The number of hydrogen-bond acceptors (Lipinski definition) is 2. The van der Waals surface area contributed by atoms with Crippen LogP contribution in [-0.2, 0) is 16.1 Å². The molecule has 0 radical (unpaired) electrons. The van der Waals surface area contributed by atoms with Gasteiger partial charge < -0.3 is 10.2 Å². The Morgan fingerprint density at radius 3 is 2.38 bits per heavy atom. The average Bonchev–Trinajstić information content (AvgIpc) is 3.02. The van der Waals surface area contributed by atoms with E-state index in [1.54, 1.807) is 4.90 Å². The lowest BCUT2D eigenvalue weighted by Crippen LogP contribution is -2.32. The summed E-state index contributed by atoms with van der Waals surface area (Å²) in [7, 11) is 0. The van der Waals surface area contributed by atoms with Crippen LogP contribution in [0.1, 0.15) is 18.9 Å². The minimum absolute atomic E-state index is 0.0357. The van der Waals surface area contributed by atoms with E-state index in [9.17, 15) is 9.59 Å². The normalized spacial score (nSPS) is 17.1. The molecular weight excluding hydrogens is 300 g/mol. The predicted octanol–water partition coefficient (Wildman–Crippen LogP) is 2.84. The van der Waals surface area contributed by atoms with Gasteiger partial charge in [0.1, 0.15) is 0 Å². The van der Waals surface area contributed by atoms with E-state index in [2.05, 4.69) is 29.6 Å². The van der Waals surface area contributed by atoms with Crippen LogP contribution < -0.4 is 5.32 Å². The number of hydrogen-bond donors (Lipinski definition) is 1. The molecule has 0 aromatic heterocycles. The van der Waals surface area contributed by atoms with E-state index in [1.165, 1.54) is 5.56 Å². The highest BCUT2D eigenvalue weighted by molar-refractivity contribution is 5.89. The number of carbonyl (C=O) groups excluding carboxylic acids is 2. The summed E-state index contributed by atoms with van der Waals surface area (Å²) in [5.74, 6) is -0.183. The fourth-order valence-electron chi connectivity index (χ4n) is 3.03. The zero-order valence-electron chi connectivity index (χ0n) is 13.9. The fraction of sp³-hybridized carbons (Fsp3) is 0.300.